The lowest BCUT2D eigenvalue weighted by Gasteiger charge is -2.25. The molecule has 10 nitrogen and oxygen atoms in total. The SMILES string of the molecule is O=C(O)Cn1nnc(-c2cnc(N3CC4CN(c5cc(Cl)ccc5OC(F)F)CC4C3)s2)n1. The number of carbonyl (C=O) groups is 1. The van der Waals surface area contributed by atoms with Crippen LogP contribution in [0.25, 0.3) is 10.7 Å². The number of halogens is 3. The van der Waals surface area contributed by atoms with Crippen molar-refractivity contribution >= 4 is 39.7 Å². The molecule has 1 aromatic carbocycles. The van der Waals surface area contributed by atoms with Crippen LogP contribution in [0, 0.1) is 11.8 Å². The van der Waals surface area contributed by atoms with Gasteiger partial charge in [-0.05, 0) is 23.4 Å². The van der Waals surface area contributed by atoms with E-state index >= 15 is 0 Å². The van der Waals surface area contributed by atoms with Crippen molar-refractivity contribution in [3.05, 3.63) is 29.4 Å². The summed E-state index contributed by atoms with van der Waals surface area (Å²) in [5.74, 6) is 0.0835. The van der Waals surface area contributed by atoms with Crippen molar-refractivity contribution in [3.63, 3.8) is 0 Å². The van der Waals surface area contributed by atoms with Gasteiger partial charge in [0, 0.05) is 43.0 Å². The fourth-order valence-corrected chi connectivity index (χ4v) is 5.35. The predicted octanol–water partition coefficient (Wildman–Crippen LogP) is 2.71. The Hall–Kier alpha value is -3.06. The second-order valence-electron chi connectivity index (χ2n) is 7.86. The molecule has 2 aliphatic rings. The highest BCUT2D eigenvalue weighted by Gasteiger charge is 2.41. The predicted molar refractivity (Wildman–Crippen MR) is 116 cm³/mol. The maximum absolute atomic E-state index is 12.8. The molecule has 2 unspecified atom stereocenters. The van der Waals surface area contributed by atoms with Crippen molar-refractivity contribution in [3.8, 4) is 16.5 Å². The Morgan fingerprint density at radius 2 is 1.97 bits per heavy atom. The Bertz CT molecular complexity index is 1160. The lowest BCUT2D eigenvalue weighted by atomic mass is 10.0. The van der Waals surface area contributed by atoms with Crippen LogP contribution < -0.4 is 14.5 Å². The monoisotopic (exact) mass is 497 g/mol. The van der Waals surface area contributed by atoms with Crippen LogP contribution in [0.1, 0.15) is 0 Å². The summed E-state index contributed by atoms with van der Waals surface area (Å²) in [6.07, 6.45) is 1.66. The lowest BCUT2D eigenvalue weighted by molar-refractivity contribution is -0.138. The molecular formula is C19H18ClF2N7O3S. The molecule has 33 heavy (non-hydrogen) atoms. The largest absolute Gasteiger partial charge is 0.480 e. The number of aliphatic carboxylic acids is 1. The summed E-state index contributed by atoms with van der Waals surface area (Å²) in [5.41, 5.74) is 0.579. The Morgan fingerprint density at radius 1 is 1.24 bits per heavy atom. The van der Waals surface area contributed by atoms with E-state index in [2.05, 4.69) is 30.0 Å². The summed E-state index contributed by atoms with van der Waals surface area (Å²) >= 11 is 7.52. The minimum Gasteiger partial charge on any atom is -0.480 e. The number of hydrogen-bond acceptors (Lipinski definition) is 9. The fraction of sp³-hybridized carbons (Fsp3) is 0.421. The van der Waals surface area contributed by atoms with E-state index in [0.717, 1.165) is 23.0 Å². The van der Waals surface area contributed by atoms with E-state index in [0.29, 0.717) is 46.3 Å². The zero-order chi connectivity index (χ0) is 23.1. The van der Waals surface area contributed by atoms with Crippen LogP contribution in [-0.2, 0) is 11.3 Å². The van der Waals surface area contributed by atoms with Crippen LogP contribution in [0.15, 0.2) is 24.4 Å². The van der Waals surface area contributed by atoms with Gasteiger partial charge in [-0.2, -0.15) is 13.6 Å². The number of fused-ring (bicyclic) bond motifs is 1. The van der Waals surface area contributed by atoms with E-state index in [9.17, 15) is 13.6 Å². The molecule has 0 saturated carbocycles. The maximum Gasteiger partial charge on any atom is 0.387 e. The summed E-state index contributed by atoms with van der Waals surface area (Å²) < 4.78 is 30.3. The Kier molecular flexibility index (Phi) is 5.74. The van der Waals surface area contributed by atoms with Crippen LogP contribution in [0.3, 0.4) is 0 Å². The number of aromatic nitrogens is 5. The van der Waals surface area contributed by atoms with Crippen LogP contribution >= 0.6 is 22.9 Å². The Labute approximate surface area is 195 Å². The van der Waals surface area contributed by atoms with Crippen molar-refractivity contribution in [2.45, 2.75) is 13.2 Å². The Morgan fingerprint density at radius 3 is 2.67 bits per heavy atom. The van der Waals surface area contributed by atoms with Crippen LogP contribution in [0.4, 0.5) is 19.6 Å². The zero-order valence-corrected chi connectivity index (χ0v) is 18.6. The van der Waals surface area contributed by atoms with Gasteiger partial charge < -0.3 is 19.6 Å². The van der Waals surface area contributed by atoms with Crippen molar-refractivity contribution in [1.29, 1.82) is 0 Å². The third kappa shape index (κ3) is 4.55. The van der Waals surface area contributed by atoms with Crippen molar-refractivity contribution in [2.75, 3.05) is 36.0 Å². The molecule has 0 radical (unpaired) electrons. The van der Waals surface area contributed by atoms with E-state index in [-0.39, 0.29) is 12.3 Å². The third-order valence-electron chi connectivity index (χ3n) is 5.68. The van der Waals surface area contributed by atoms with Crippen LogP contribution in [0.5, 0.6) is 5.75 Å². The molecule has 14 heteroatoms. The fourth-order valence-electron chi connectivity index (χ4n) is 4.32. The van der Waals surface area contributed by atoms with Gasteiger partial charge in [-0.1, -0.05) is 22.9 Å². The average Bonchev–Trinajstić information content (AvgIpc) is 3.51. The molecule has 0 bridgehead atoms. The number of anilines is 2. The molecule has 1 N–H and O–H groups in total. The van der Waals surface area contributed by atoms with E-state index in [1.165, 1.54) is 23.5 Å². The number of alkyl halides is 2. The zero-order valence-electron chi connectivity index (χ0n) is 17.0. The highest BCUT2D eigenvalue weighted by atomic mass is 35.5. The minimum atomic E-state index is -2.90. The number of rotatable bonds is 7. The molecule has 2 aliphatic heterocycles. The van der Waals surface area contributed by atoms with Crippen molar-refractivity contribution in [2.24, 2.45) is 11.8 Å². The van der Waals surface area contributed by atoms with Gasteiger partial charge >= 0.3 is 12.6 Å². The highest BCUT2D eigenvalue weighted by Crippen LogP contribution is 2.41. The molecule has 0 amide bonds. The second-order valence-corrected chi connectivity index (χ2v) is 9.31. The number of ether oxygens (including phenoxy) is 1. The van der Waals surface area contributed by atoms with Crippen molar-refractivity contribution < 1.29 is 23.4 Å². The van der Waals surface area contributed by atoms with Gasteiger partial charge in [-0.15, -0.1) is 10.2 Å². The second kappa shape index (κ2) is 8.71. The lowest BCUT2D eigenvalue weighted by Crippen LogP contribution is -2.29. The Balaban J connectivity index is 1.25. The number of benzene rings is 1. The molecule has 5 rings (SSSR count). The van der Waals surface area contributed by atoms with Gasteiger partial charge in [0.15, 0.2) is 11.7 Å². The molecule has 2 atom stereocenters. The van der Waals surface area contributed by atoms with E-state index in [1.807, 2.05) is 4.90 Å². The summed E-state index contributed by atoms with van der Waals surface area (Å²) in [5, 5.41) is 21.9. The number of hydrogen-bond donors (Lipinski definition) is 1. The summed E-state index contributed by atoms with van der Waals surface area (Å²) in [6.45, 7) is -0.310. The molecule has 4 heterocycles. The van der Waals surface area contributed by atoms with Gasteiger partial charge in [0.1, 0.15) is 5.75 Å². The van der Waals surface area contributed by atoms with Gasteiger partial charge in [0.25, 0.3) is 0 Å². The first-order valence-electron chi connectivity index (χ1n) is 10.1. The molecular weight excluding hydrogens is 480 g/mol. The quantitative estimate of drug-likeness (QED) is 0.526. The number of nitrogens with zero attached hydrogens (tertiary/aromatic N) is 7. The van der Waals surface area contributed by atoms with E-state index in [1.54, 1.807) is 12.3 Å². The number of tetrazole rings is 1. The normalized spacial score (nSPS) is 20.0. The molecule has 2 saturated heterocycles. The highest BCUT2D eigenvalue weighted by molar-refractivity contribution is 7.18. The molecule has 0 aliphatic carbocycles. The molecule has 0 spiro atoms. The third-order valence-corrected chi connectivity index (χ3v) is 6.97. The molecule has 2 fully saturated rings. The summed E-state index contributed by atoms with van der Waals surface area (Å²) in [4.78, 5) is 21.2. The maximum atomic E-state index is 12.8. The standard InChI is InChI=1S/C19H18ClF2N7O3S/c20-12-1-2-14(32-18(21)22)13(3-12)27-5-10-7-28(8-11(10)6-27)19-23-4-15(33-19)17-24-26-29(25-17)9-16(30)31/h1-4,10-11,18H,5-9H2,(H,30,31). The molecule has 2 aromatic heterocycles. The summed E-state index contributed by atoms with van der Waals surface area (Å²) in [7, 11) is 0. The molecule has 3 aromatic rings. The smallest absolute Gasteiger partial charge is 0.387 e. The van der Waals surface area contributed by atoms with Crippen LogP contribution in [0.2, 0.25) is 5.02 Å². The first kappa shape index (κ1) is 21.8. The van der Waals surface area contributed by atoms with Crippen molar-refractivity contribution in [1.82, 2.24) is 25.2 Å². The molecule has 174 valence electrons. The van der Waals surface area contributed by atoms with E-state index in [4.69, 9.17) is 16.7 Å². The van der Waals surface area contributed by atoms with Gasteiger partial charge in [-0.3, -0.25) is 4.79 Å². The number of carboxylic acids is 1. The first-order valence-corrected chi connectivity index (χ1v) is 11.2. The van der Waals surface area contributed by atoms with Crippen LogP contribution in [-0.4, -0.2) is 69.1 Å². The van der Waals surface area contributed by atoms with Gasteiger partial charge in [0.2, 0.25) is 5.82 Å². The van der Waals surface area contributed by atoms with Gasteiger partial charge in [0.05, 0.1) is 16.8 Å². The number of carboxylic acid groups (broad SMARTS) is 1. The topological polar surface area (TPSA) is 109 Å². The van der Waals surface area contributed by atoms with Gasteiger partial charge in [-0.25, -0.2) is 4.98 Å². The first-order chi connectivity index (χ1) is 15.9. The van der Waals surface area contributed by atoms with E-state index < -0.39 is 12.6 Å². The summed E-state index contributed by atoms with van der Waals surface area (Å²) in [6, 6.07) is 4.67. The number of thiazole rings is 1. The minimum absolute atomic E-state index is 0.124. The average molecular weight is 498 g/mol.